The van der Waals surface area contributed by atoms with Gasteiger partial charge in [0.1, 0.15) is 18.2 Å². The highest BCUT2D eigenvalue weighted by Gasteiger charge is 2.29. The number of nitrogens with zero attached hydrogens (tertiary/aromatic N) is 4. The highest BCUT2D eigenvalue weighted by Crippen LogP contribution is 2.25. The molecular weight excluding hydrogens is 268 g/mol. The van der Waals surface area contributed by atoms with Crippen molar-refractivity contribution in [1.82, 2.24) is 14.9 Å². The first kappa shape index (κ1) is 14.5. The number of ether oxygens (including phenoxy) is 1. The molecule has 7 nitrogen and oxygen atoms in total. The molecule has 2 fully saturated rings. The van der Waals surface area contributed by atoms with Crippen LogP contribution < -0.4 is 16.2 Å². The average Bonchev–Trinajstić information content (AvgIpc) is 2.54. The summed E-state index contributed by atoms with van der Waals surface area (Å²) in [5.74, 6) is 7.75. The van der Waals surface area contributed by atoms with E-state index in [2.05, 4.69) is 25.2 Å². The Labute approximate surface area is 125 Å². The number of rotatable bonds is 4. The van der Waals surface area contributed by atoms with Gasteiger partial charge in [-0.1, -0.05) is 6.42 Å². The summed E-state index contributed by atoms with van der Waals surface area (Å²) >= 11 is 0. The first-order valence-electron chi connectivity index (χ1n) is 7.62. The molecule has 0 aromatic carbocycles. The lowest BCUT2D eigenvalue weighted by molar-refractivity contribution is 0.133. The summed E-state index contributed by atoms with van der Waals surface area (Å²) in [4.78, 5) is 13.9. The fourth-order valence-electron chi connectivity index (χ4n) is 3.28. The third kappa shape index (κ3) is 3.25. The van der Waals surface area contributed by atoms with Crippen LogP contribution in [0.5, 0.6) is 0 Å². The Kier molecular flexibility index (Phi) is 4.52. The van der Waals surface area contributed by atoms with Crippen molar-refractivity contribution >= 4 is 11.6 Å². The highest BCUT2D eigenvalue weighted by atomic mass is 16.5. The number of methoxy groups -OCH3 is 1. The Morgan fingerprint density at radius 1 is 1.33 bits per heavy atom. The largest absolute Gasteiger partial charge is 0.377 e. The van der Waals surface area contributed by atoms with Crippen LogP contribution in [-0.2, 0) is 11.3 Å². The highest BCUT2D eigenvalue weighted by molar-refractivity contribution is 5.49. The fraction of sp³-hybridized carbons (Fsp3) is 0.714. The van der Waals surface area contributed by atoms with Gasteiger partial charge in [0.25, 0.3) is 0 Å². The molecule has 3 rings (SSSR count). The van der Waals surface area contributed by atoms with Crippen LogP contribution in [0, 0.1) is 0 Å². The van der Waals surface area contributed by atoms with E-state index >= 15 is 0 Å². The molecule has 1 unspecified atom stereocenters. The van der Waals surface area contributed by atoms with Gasteiger partial charge in [-0.2, -0.15) is 0 Å². The predicted molar refractivity (Wildman–Crippen MR) is 82.0 cm³/mol. The molecule has 3 heterocycles. The zero-order valence-corrected chi connectivity index (χ0v) is 12.6. The Morgan fingerprint density at radius 2 is 2.24 bits per heavy atom. The van der Waals surface area contributed by atoms with Gasteiger partial charge in [-0.3, -0.25) is 4.90 Å². The number of nitrogens with two attached hydrogens (primary N) is 1. The van der Waals surface area contributed by atoms with Crippen molar-refractivity contribution in [3.8, 4) is 0 Å². The van der Waals surface area contributed by atoms with Gasteiger partial charge in [0.2, 0.25) is 0 Å². The second-order valence-electron chi connectivity index (χ2n) is 5.74. The van der Waals surface area contributed by atoms with Gasteiger partial charge < -0.3 is 15.1 Å². The molecule has 3 N–H and O–H groups in total. The average molecular weight is 292 g/mol. The van der Waals surface area contributed by atoms with Crippen LogP contribution in [0.25, 0.3) is 0 Å². The molecule has 0 bridgehead atoms. The van der Waals surface area contributed by atoms with Crippen LogP contribution in [0.3, 0.4) is 0 Å². The molecule has 2 saturated heterocycles. The standard InChI is InChI=1S/C14H24N6O/c1-21-10-13-16-12(18-15)8-14(17-13)20-7-6-19-5-3-2-4-11(19)9-20/h8,11H,2-7,9-10,15H2,1H3,(H,16,17,18). The van der Waals surface area contributed by atoms with Crippen LogP contribution >= 0.6 is 0 Å². The maximum absolute atomic E-state index is 5.51. The number of anilines is 2. The number of fused-ring (bicyclic) bond motifs is 1. The molecule has 1 aromatic heterocycles. The minimum absolute atomic E-state index is 0.395. The summed E-state index contributed by atoms with van der Waals surface area (Å²) in [6.45, 7) is 4.79. The quantitative estimate of drug-likeness (QED) is 0.621. The smallest absolute Gasteiger partial charge is 0.158 e. The number of hydrogen-bond donors (Lipinski definition) is 2. The number of hydrogen-bond acceptors (Lipinski definition) is 7. The molecule has 1 atom stereocenters. The van der Waals surface area contributed by atoms with Gasteiger partial charge in [-0.15, -0.1) is 0 Å². The van der Waals surface area contributed by atoms with Gasteiger partial charge in [-0.25, -0.2) is 15.8 Å². The Balaban J connectivity index is 1.77. The molecule has 1 aromatic rings. The van der Waals surface area contributed by atoms with Gasteiger partial charge in [0, 0.05) is 38.9 Å². The van der Waals surface area contributed by atoms with Crippen molar-refractivity contribution < 1.29 is 4.74 Å². The molecule has 0 radical (unpaired) electrons. The molecule has 0 spiro atoms. The van der Waals surface area contributed by atoms with Crippen molar-refractivity contribution in [3.63, 3.8) is 0 Å². The molecule has 2 aliphatic heterocycles. The van der Waals surface area contributed by atoms with Crippen LogP contribution in [0.15, 0.2) is 6.07 Å². The molecule has 7 heteroatoms. The summed E-state index contributed by atoms with van der Waals surface area (Å²) in [7, 11) is 1.65. The van der Waals surface area contributed by atoms with Gasteiger partial charge in [0.05, 0.1) is 0 Å². The number of aromatic nitrogens is 2. The van der Waals surface area contributed by atoms with Gasteiger partial charge >= 0.3 is 0 Å². The Hall–Kier alpha value is -1.44. The maximum atomic E-state index is 5.51. The summed E-state index contributed by atoms with van der Waals surface area (Å²) in [5, 5.41) is 0. The second kappa shape index (κ2) is 6.55. The van der Waals surface area contributed by atoms with Gasteiger partial charge in [-0.05, 0) is 19.4 Å². The Morgan fingerprint density at radius 3 is 3.05 bits per heavy atom. The predicted octanol–water partition coefficient (Wildman–Crippen LogP) is 0.583. The van der Waals surface area contributed by atoms with Crippen LogP contribution in [0.2, 0.25) is 0 Å². The van der Waals surface area contributed by atoms with E-state index in [1.165, 1.54) is 25.8 Å². The normalized spacial score (nSPS) is 23.0. The van der Waals surface area contributed by atoms with Crippen LogP contribution in [0.4, 0.5) is 11.6 Å². The summed E-state index contributed by atoms with van der Waals surface area (Å²) in [6, 6.07) is 2.57. The maximum Gasteiger partial charge on any atom is 0.158 e. The number of nitrogens with one attached hydrogen (secondary N) is 1. The summed E-state index contributed by atoms with van der Waals surface area (Å²) < 4.78 is 5.14. The van der Waals surface area contributed by atoms with E-state index in [-0.39, 0.29) is 0 Å². The number of piperazine rings is 1. The summed E-state index contributed by atoms with van der Waals surface area (Å²) in [6.07, 6.45) is 3.96. The monoisotopic (exact) mass is 292 g/mol. The van der Waals surface area contributed by atoms with Crippen molar-refractivity contribution in [1.29, 1.82) is 0 Å². The zero-order valence-electron chi connectivity index (χ0n) is 12.6. The molecule has 0 saturated carbocycles. The fourth-order valence-corrected chi connectivity index (χ4v) is 3.28. The van der Waals surface area contributed by atoms with Gasteiger partial charge in [0.15, 0.2) is 5.82 Å². The minimum Gasteiger partial charge on any atom is -0.377 e. The molecule has 116 valence electrons. The molecule has 21 heavy (non-hydrogen) atoms. The first-order chi connectivity index (χ1) is 10.3. The topological polar surface area (TPSA) is 79.5 Å². The van der Waals surface area contributed by atoms with Crippen LogP contribution in [-0.4, -0.2) is 54.2 Å². The number of hydrazine groups is 1. The second-order valence-corrected chi connectivity index (χ2v) is 5.74. The minimum atomic E-state index is 0.395. The van der Waals surface area contributed by atoms with Crippen molar-refractivity contribution in [2.24, 2.45) is 5.84 Å². The molecular formula is C14H24N6O. The van der Waals surface area contributed by atoms with E-state index in [0.717, 1.165) is 25.5 Å². The molecule has 0 aliphatic carbocycles. The van der Waals surface area contributed by atoms with E-state index in [1.54, 1.807) is 7.11 Å². The summed E-state index contributed by atoms with van der Waals surface area (Å²) in [5.41, 5.74) is 2.62. The van der Waals surface area contributed by atoms with E-state index in [9.17, 15) is 0 Å². The number of piperidine rings is 1. The van der Waals surface area contributed by atoms with Crippen molar-refractivity contribution in [2.75, 3.05) is 43.6 Å². The van der Waals surface area contributed by atoms with E-state index in [1.807, 2.05) is 6.07 Å². The van der Waals surface area contributed by atoms with Crippen molar-refractivity contribution in [3.05, 3.63) is 11.9 Å². The zero-order chi connectivity index (χ0) is 14.7. The third-order valence-electron chi connectivity index (χ3n) is 4.34. The molecule has 0 amide bonds. The lowest BCUT2D eigenvalue weighted by Crippen LogP contribution is -2.55. The first-order valence-corrected chi connectivity index (χ1v) is 7.62. The van der Waals surface area contributed by atoms with E-state index in [4.69, 9.17) is 10.6 Å². The Bertz CT molecular complexity index is 483. The lowest BCUT2D eigenvalue weighted by atomic mass is 9.99. The van der Waals surface area contributed by atoms with E-state index < -0.39 is 0 Å². The third-order valence-corrected chi connectivity index (χ3v) is 4.34. The number of nitrogen functional groups attached to an aromatic ring is 1. The van der Waals surface area contributed by atoms with E-state index in [0.29, 0.717) is 24.3 Å². The SMILES string of the molecule is COCc1nc(NN)cc(N2CCN3CCCCC3C2)n1. The van der Waals surface area contributed by atoms with Crippen LogP contribution in [0.1, 0.15) is 25.1 Å². The molecule has 2 aliphatic rings. The lowest BCUT2D eigenvalue weighted by Gasteiger charge is -2.44. The van der Waals surface area contributed by atoms with Crippen molar-refractivity contribution in [2.45, 2.75) is 31.9 Å².